The second-order valence-electron chi connectivity index (χ2n) is 5.88. The highest BCUT2D eigenvalue weighted by Gasteiger charge is 2.34. The van der Waals surface area contributed by atoms with Crippen LogP contribution in [0.2, 0.25) is 5.02 Å². The zero-order valence-corrected chi connectivity index (χ0v) is 17.6. The van der Waals surface area contributed by atoms with Crippen LogP contribution in [0.4, 0.5) is 10.5 Å². The first-order chi connectivity index (χ1) is 13.3. The Morgan fingerprint density at radius 1 is 1.14 bits per heavy atom. The Hall–Kier alpha value is -2.35. The van der Waals surface area contributed by atoms with Crippen molar-refractivity contribution in [2.45, 2.75) is 6.54 Å². The number of benzene rings is 2. The van der Waals surface area contributed by atoms with E-state index in [9.17, 15) is 14.4 Å². The van der Waals surface area contributed by atoms with E-state index < -0.39 is 0 Å². The highest BCUT2D eigenvalue weighted by Crippen LogP contribution is 2.33. The molecule has 0 unspecified atom stereocenters. The van der Waals surface area contributed by atoms with Crippen LogP contribution in [0.25, 0.3) is 6.08 Å². The van der Waals surface area contributed by atoms with Gasteiger partial charge in [-0.05, 0) is 69.2 Å². The van der Waals surface area contributed by atoms with E-state index in [4.69, 9.17) is 11.6 Å². The number of rotatable bonds is 5. The predicted molar refractivity (Wildman–Crippen MR) is 116 cm³/mol. The molecule has 0 aliphatic carbocycles. The maximum atomic E-state index is 12.6. The Bertz CT molecular complexity index is 988. The molecular weight excluding hydrogens is 464 g/mol. The molecule has 1 aliphatic rings. The molecule has 0 bridgehead atoms. The van der Waals surface area contributed by atoms with Crippen LogP contribution >= 0.6 is 39.3 Å². The molecule has 1 saturated heterocycles. The van der Waals surface area contributed by atoms with Crippen LogP contribution in [0.5, 0.6) is 0 Å². The summed E-state index contributed by atoms with van der Waals surface area (Å²) in [6, 6.07) is 13.9. The molecule has 3 amide bonds. The Morgan fingerprint density at radius 2 is 1.79 bits per heavy atom. The summed E-state index contributed by atoms with van der Waals surface area (Å²) in [4.78, 5) is 38.0. The van der Waals surface area contributed by atoms with Crippen LogP contribution in [-0.2, 0) is 16.1 Å². The van der Waals surface area contributed by atoms with E-state index in [0.717, 1.165) is 22.9 Å². The van der Waals surface area contributed by atoms with E-state index in [1.165, 1.54) is 4.90 Å². The fourth-order valence-corrected chi connectivity index (χ4v) is 3.49. The Balaban J connectivity index is 1.71. The van der Waals surface area contributed by atoms with Gasteiger partial charge in [-0.25, -0.2) is 0 Å². The Kier molecular flexibility index (Phi) is 6.39. The van der Waals surface area contributed by atoms with Crippen LogP contribution in [-0.4, -0.2) is 22.0 Å². The molecule has 0 aromatic heterocycles. The van der Waals surface area contributed by atoms with Gasteiger partial charge in [0.05, 0.1) is 15.9 Å². The minimum Gasteiger partial charge on any atom is -0.322 e. The van der Waals surface area contributed by atoms with E-state index >= 15 is 0 Å². The van der Waals surface area contributed by atoms with Crippen LogP contribution in [0, 0.1) is 0 Å². The molecule has 0 radical (unpaired) electrons. The average molecular weight is 478 g/mol. The summed E-state index contributed by atoms with van der Waals surface area (Å²) in [5.74, 6) is -0.672. The smallest absolute Gasteiger partial charge is 0.293 e. The number of nitrogens with one attached hydrogen (secondary N) is 1. The van der Waals surface area contributed by atoms with E-state index in [1.807, 2.05) is 0 Å². The van der Waals surface area contributed by atoms with Crippen molar-refractivity contribution in [3.8, 4) is 0 Å². The Morgan fingerprint density at radius 3 is 2.39 bits per heavy atom. The number of anilines is 1. The molecule has 0 saturated carbocycles. The van der Waals surface area contributed by atoms with Gasteiger partial charge in [-0.2, -0.15) is 0 Å². The van der Waals surface area contributed by atoms with Gasteiger partial charge in [0.25, 0.3) is 17.1 Å². The van der Waals surface area contributed by atoms with Crippen LogP contribution in [0.3, 0.4) is 0 Å². The van der Waals surface area contributed by atoms with Crippen LogP contribution in [0.15, 0.2) is 64.5 Å². The van der Waals surface area contributed by atoms with Gasteiger partial charge in [0.1, 0.15) is 0 Å². The molecule has 3 rings (SSSR count). The number of carbonyl (C=O) groups excluding carboxylic acids is 3. The van der Waals surface area contributed by atoms with Crippen LogP contribution in [0.1, 0.15) is 11.1 Å². The molecule has 2 aromatic carbocycles. The first-order valence-corrected chi connectivity index (χ1v) is 10.1. The largest absolute Gasteiger partial charge is 0.322 e. The van der Waals surface area contributed by atoms with Crippen molar-refractivity contribution in [3.05, 3.63) is 80.6 Å². The van der Waals surface area contributed by atoms with E-state index in [2.05, 4.69) is 27.8 Å². The third-order valence-electron chi connectivity index (χ3n) is 3.84. The van der Waals surface area contributed by atoms with Crippen molar-refractivity contribution in [1.29, 1.82) is 0 Å². The molecule has 8 heteroatoms. The number of imide groups is 1. The molecule has 142 valence electrons. The zero-order valence-electron chi connectivity index (χ0n) is 14.4. The second-order valence-corrected chi connectivity index (χ2v) is 8.26. The van der Waals surface area contributed by atoms with Gasteiger partial charge in [0.15, 0.2) is 0 Å². The lowest BCUT2D eigenvalue weighted by Crippen LogP contribution is -2.27. The SMILES string of the molecule is C=C(Br)C(=O)Nc1ccc(/C=C2\SC(=O)N(Cc3ccc(Cl)cc3)C2=O)cc1. The van der Waals surface area contributed by atoms with Crippen molar-refractivity contribution in [3.63, 3.8) is 0 Å². The normalized spacial score (nSPS) is 15.2. The number of thioether (sulfide) groups is 1. The molecule has 0 atom stereocenters. The molecule has 2 aromatic rings. The van der Waals surface area contributed by atoms with Gasteiger partial charge in [-0.3, -0.25) is 19.3 Å². The number of hydrogen-bond acceptors (Lipinski definition) is 4. The van der Waals surface area contributed by atoms with Gasteiger partial charge >= 0.3 is 0 Å². The summed E-state index contributed by atoms with van der Waals surface area (Å²) in [6.45, 7) is 3.70. The summed E-state index contributed by atoms with van der Waals surface area (Å²) >= 11 is 9.78. The molecule has 1 aliphatic heterocycles. The predicted octanol–water partition coefficient (Wildman–Crippen LogP) is 5.42. The lowest BCUT2D eigenvalue weighted by molar-refractivity contribution is -0.123. The summed E-state index contributed by atoms with van der Waals surface area (Å²) in [5, 5.41) is 2.95. The molecule has 28 heavy (non-hydrogen) atoms. The van der Waals surface area contributed by atoms with Gasteiger partial charge in [0, 0.05) is 10.7 Å². The molecule has 5 nitrogen and oxygen atoms in total. The van der Waals surface area contributed by atoms with Crippen molar-refractivity contribution >= 4 is 68.1 Å². The third-order valence-corrected chi connectivity index (χ3v) is 5.36. The molecule has 1 heterocycles. The summed E-state index contributed by atoms with van der Waals surface area (Å²) in [5.41, 5.74) is 2.16. The van der Waals surface area contributed by atoms with Crippen molar-refractivity contribution in [2.75, 3.05) is 5.32 Å². The van der Waals surface area contributed by atoms with Crippen molar-refractivity contribution in [2.24, 2.45) is 0 Å². The minimum absolute atomic E-state index is 0.195. The zero-order chi connectivity index (χ0) is 20.3. The quantitative estimate of drug-likeness (QED) is 0.584. The van der Waals surface area contributed by atoms with E-state index in [0.29, 0.717) is 15.6 Å². The monoisotopic (exact) mass is 476 g/mol. The fraction of sp³-hybridized carbons (Fsp3) is 0.0500. The second kappa shape index (κ2) is 8.77. The Labute approximate surface area is 179 Å². The highest BCUT2D eigenvalue weighted by atomic mass is 79.9. The minimum atomic E-state index is -0.337. The summed E-state index contributed by atoms with van der Waals surface area (Å²) in [6.07, 6.45) is 1.65. The molecular formula is C20H14BrClN2O3S. The fourth-order valence-electron chi connectivity index (χ4n) is 2.42. The number of halogens is 2. The lowest BCUT2D eigenvalue weighted by atomic mass is 10.2. The maximum Gasteiger partial charge on any atom is 0.293 e. The summed E-state index contributed by atoms with van der Waals surface area (Å²) in [7, 11) is 0. The van der Waals surface area contributed by atoms with Gasteiger partial charge in [0.2, 0.25) is 0 Å². The van der Waals surface area contributed by atoms with E-state index in [1.54, 1.807) is 54.6 Å². The summed E-state index contributed by atoms with van der Waals surface area (Å²) < 4.78 is 0.228. The average Bonchev–Trinajstić information content (AvgIpc) is 2.92. The number of nitrogens with zero attached hydrogens (tertiary/aromatic N) is 1. The van der Waals surface area contributed by atoms with Crippen molar-refractivity contribution in [1.82, 2.24) is 4.90 Å². The maximum absolute atomic E-state index is 12.6. The standard InChI is InChI=1S/C20H14BrClN2O3S/c1-12(21)18(25)23-16-8-4-13(5-9-16)10-17-19(26)24(20(27)28-17)11-14-2-6-15(22)7-3-14/h2-10H,1,11H2,(H,23,25)/b17-10-. The lowest BCUT2D eigenvalue weighted by Gasteiger charge is -2.12. The van der Waals surface area contributed by atoms with Gasteiger partial charge in [-0.1, -0.05) is 42.4 Å². The first kappa shape index (κ1) is 20.4. The van der Waals surface area contributed by atoms with Gasteiger partial charge in [-0.15, -0.1) is 0 Å². The topological polar surface area (TPSA) is 66.5 Å². The van der Waals surface area contributed by atoms with Crippen molar-refractivity contribution < 1.29 is 14.4 Å². The first-order valence-electron chi connectivity index (χ1n) is 8.09. The third kappa shape index (κ3) is 4.92. The molecule has 1 fully saturated rings. The number of amides is 3. The molecule has 1 N–H and O–H groups in total. The number of carbonyl (C=O) groups is 3. The highest BCUT2D eigenvalue weighted by molar-refractivity contribution is 9.12. The van der Waals surface area contributed by atoms with Gasteiger partial charge < -0.3 is 5.32 Å². The van der Waals surface area contributed by atoms with Crippen LogP contribution < -0.4 is 5.32 Å². The molecule has 0 spiro atoms. The number of hydrogen-bond donors (Lipinski definition) is 1. The van der Waals surface area contributed by atoms with E-state index in [-0.39, 0.29) is 28.1 Å².